The summed E-state index contributed by atoms with van der Waals surface area (Å²) in [7, 11) is 5.37. The molecule has 0 bridgehead atoms. The molecular formula is C21H40N2O5. The topological polar surface area (TPSA) is 84.9 Å². The van der Waals surface area contributed by atoms with E-state index in [1.54, 1.807) is 41.7 Å². The van der Waals surface area contributed by atoms with Crippen LogP contribution in [0.2, 0.25) is 0 Å². The second kappa shape index (κ2) is 10.8. The van der Waals surface area contributed by atoms with Crippen molar-refractivity contribution in [3.8, 4) is 0 Å². The molecule has 1 atom stereocenters. The van der Waals surface area contributed by atoms with E-state index >= 15 is 0 Å². The lowest BCUT2D eigenvalue weighted by Gasteiger charge is -2.38. The third-order valence-electron chi connectivity index (χ3n) is 4.76. The zero-order valence-electron chi connectivity index (χ0n) is 19.2. The molecule has 0 saturated heterocycles. The minimum absolute atomic E-state index is 0.161. The number of hydrogen-bond acceptors (Lipinski definition) is 6. The minimum atomic E-state index is -1.02. The minimum Gasteiger partial charge on any atom is -0.465 e. The van der Waals surface area contributed by atoms with E-state index in [1.807, 2.05) is 25.9 Å². The first-order valence-electron chi connectivity index (χ1n) is 9.93. The molecule has 0 aliphatic heterocycles. The number of amides is 1. The lowest BCUT2D eigenvalue weighted by molar-refractivity contribution is -0.165. The second-order valence-electron chi connectivity index (χ2n) is 9.34. The van der Waals surface area contributed by atoms with E-state index < -0.39 is 22.2 Å². The lowest BCUT2D eigenvalue weighted by Crippen LogP contribution is -2.45. The molecule has 0 aliphatic rings. The van der Waals surface area contributed by atoms with E-state index in [0.29, 0.717) is 13.2 Å². The van der Waals surface area contributed by atoms with Crippen LogP contribution in [-0.2, 0) is 23.9 Å². The Morgan fingerprint density at radius 2 is 1.36 bits per heavy atom. The van der Waals surface area contributed by atoms with Crippen molar-refractivity contribution in [2.24, 2.45) is 16.2 Å². The zero-order chi connectivity index (χ0) is 22.2. The molecule has 7 nitrogen and oxygen atoms in total. The molecule has 0 spiro atoms. The molecule has 1 unspecified atom stereocenters. The van der Waals surface area contributed by atoms with E-state index in [2.05, 4.69) is 5.32 Å². The molecule has 1 amide bonds. The fourth-order valence-corrected chi connectivity index (χ4v) is 3.53. The van der Waals surface area contributed by atoms with Crippen molar-refractivity contribution < 1.29 is 23.9 Å². The summed E-state index contributed by atoms with van der Waals surface area (Å²) in [5.41, 5.74) is -2.70. The Hall–Kier alpha value is -1.63. The van der Waals surface area contributed by atoms with Crippen LogP contribution in [-0.4, -0.2) is 63.6 Å². The maximum absolute atomic E-state index is 13.0. The number of carbonyl (C=O) groups is 3. The van der Waals surface area contributed by atoms with Crippen LogP contribution < -0.4 is 5.32 Å². The first-order chi connectivity index (χ1) is 12.7. The van der Waals surface area contributed by atoms with Crippen molar-refractivity contribution in [2.45, 2.75) is 60.8 Å². The summed E-state index contributed by atoms with van der Waals surface area (Å²) in [5, 5.41) is 2.65. The van der Waals surface area contributed by atoms with Gasteiger partial charge in [-0.2, -0.15) is 0 Å². The molecule has 0 saturated carbocycles. The van der Waals surface area contributed by atoms with E-state index in [0.717, 1.165) is 6.42 Å². The Balaban J connectivity index is 5.61. The van der Waals surface area contributed by atoms with E-state index in [9.17, 15) is 14.4 Å². The summed E-state index contributed by atoms with van der Waals surface area (Å²) in [5.74, 6) is -0.909. The normalized spacial score (nSPS) is 14.4. The summed E-state index contributed by atoms with van der Waals surface area (Å²) in [6.45, 7) is 12.0. The number of ether oxygens (including phenoxy) is 2. The number of carbonyl (C=O) groups excluding carboxylic acids is 3. The van der Waals surface area contributed by atoms with Crippen molar-refractivity contribution in [1.29, 1.82) is 0 Å². The Kier molecular flexibility index (Phi) is 10.2. The largest absolute Gasteiger partial charge is 0.465 e. The SMILES string of the molecule is CCCOC(=O)C(C)(C)CC(C)(CC(C)(C)C(=O)NC)C(=O)OCCN(C)C. The molecule has 0 aromatic rings. The van der Waals surface area contributed by atoms with Crippen molar-refractivity contribution in [3.05, 3.63) is 0 Å². The fraction of sp³-hybridized carbons (Fsp3) is 0.857. The molecule has 0 radical (unpaired) electrons. The van der Waals surface area contributed by atoms with Crippen LogP contribution in [0.5, 0.6) is 0 Å². The predicted molar refractivity (Wildman–Crippen MR) is 110 cm³/mol. The first kappa shape index (κ1) is 26.4. The van der Waals surface area contributed by atoms with Gasteiger partial charge in [0.25, 0.3) is 0 Å². The first-order valence-corrected chi connectivity index (χ1v) is 9.93. The molecule has 28 heavy (non-hydrogen) atoms. The Morgan fingerprint density at radius 1 is 0.857 bits per heavy atom. The van der Waals surface area contributed by atoms with Gasteiger partial charge >= 0.3 is 11.9 Å². The quantitative estimate of drug-likeness (QED) is 0.507. The zero-order valence-corrected chi connectivity index (χ0v) is 19.2. The van der Waals surface area contributed by atoms with Gasteiger partial charge in [0.2, 0.25) is 5.91 Å². The van der Waals surface area contributed by atoms with E-state index in [4.69, 9.17) is 9.47 Å². The number of rotatable bonds is 12. The van der Waals surface area contributed by atoms with Gasteiger partial charge in [0.1, 0.15) is 6.61 Å². The summed E-state index contributed by atoms with van der Waals surface area (Å²) < 4.78 is 10.8. The predicted octanol–water partition coefficient (Wildman–Crippen LogP) is 2.63. The molecule has 1 N–H and O–H groups in total. The molecule has 0 rings (SSSR count). The average Bonchev–Trinajstić information content (AvgIpc) is 2.57. The van der Waals surface area contributed by atoms with Gasteiger partial charge < -0.3 is 19.7 Å². The second-order valence-corrected chi connectivity index (χ2v) is 9.34. The van der Waals surface area contributed by atoms with Crippen molar-refractivity contribution in [2.75, 3.05) is 40.9 Å². The van der Waals surface area contributed by atoms with Gasteiger partial charge in [-0.1, -0.05) is 20.8 Å². The number of esters is 2. The van der Waals surface area contributed by atoms with Gasteiger partial charge in [-0.05, 0) is 54.1 Å². The van der Waals surface area contributed by atoms with Gasteiger partial charge in [0.05, 0.1) is 17.4 Å². The van der Waals surface area contributed by atoms with Crippen LogP contribution in [0.15, 0.2) is 0 Å². The average molecular weight is 401 g/mol. The van der Waals surface area contributed by atoms with Gasteiger partial charge in [0, 0.05) is 19.0 Å². The number of nitrogens with zero attached hydrogens (tertiary/aromatic N) is 1. The third-order valence-corrected chi connectivity index (χ3v) is 4.76. The standard InChI is InChI=1S/C21H40N2O5/c1-10-12-27-17(25)20(4,5)15-21(6,14-19(2,3)16(24)22-7)18(26)28-13-11-23(8)9/h10-15H2,1-9H3,(H,22,24). The van der Waals surface area contributed by atoms with Crippen LogP contribution >= 0.6 is 0 Å². The van der Waals surface area contributed by atoms with Gasteiger partial charge in [-0.15, -0.1) is 0 Å². The van der Waals surface area contributed by atoms with Gasteiger partial charge in [-0.25, -0.2) is 0 Å². The van der Waals surface area contributed by atoms with Gasteiger partial charge in [0.15, 0.2) is 0 Å². The highest BCUT2D eigenvalue weighted by atomic mass is 16.5. The highest BCUT2D eigenvalue weighted by Crippen LogP contribution is 2.44. The Bertz CT molecular complexity index is 543. The van der Waals surface area contributed by atoms with Crippen LogP contribution in [0, 0.1) is 16.2 Å². The summed E-state index contributed by atoms with van der Waals surface area (Å²) >= 11 is 0. The van der Waals surface area contributed by atoms with Gasteiger partial charge in [-0.3, -0.25) is 14.4 Å². The van der Waals surface area contributed by atoms with Crippen LogP contribution in [0.3, 0.4) is 0 Å². The Labute approximate surface area is 170 Å². The fourth-order valence-electron chi connectivity index (χ4n) is 3.53. The molecule has 0 aliphatic carbocycles. The van der Waals surface area contributed by atoms with Crippen molar-refractivity contribution in [1.82, 2.24) is 10.2 Å². The van der Waals surface area contributed by atoms with E-state index in [1.165, 1.54) is 0 Å². The lowest BCUT2D eigenvalue weighted by atomic mass is 9.66. The summed E-state index contributed by atoms with van der Waals surface area (Å²) in [6.07, 6.45) is 1.21. The molecule has 0 fully saturated rings. The molecule has 0 heterocycles. The number of likely N-dealkylation sites (N-methyl/N-ethyl adjacent to an activating group) is 1. The smallest absolute Gasteiger partial charge is 0.311 e. The van der Waals surface area contributed by atoms with Crippen LogP contribution in [0.25, 0.3) is 0 Å². The maximum Gasteiger partial charge on any atom is 0.311 e. The third kappa shape index (κ3) is 8.17. The number of hydrogen-bond donors (Lipinski definition) is 1. The number of nitrogens with one attached hydrogen (secondary N) is 1. The molecular weight excluding hydrogens is 360 g/mol. The highest BCUT2D eigenvalue weighted by Gasteiger charge is 2.48. The van der Waals surface area contributed by atoms with Crippen molar-refractivity contribution in [3.63, 3.8) is 0 Å². The summed E-state index contributed by atoms with van der Waals surface area (Å²) in [4.78, 5) is 39.8. The summed E-state index contributed by atoms with van der Waals surface area (Å²) in [6, 6.07) is 0. The molecule has 7 heteroatoms. The monoisotopic (exact) mass is 400 g/mol. The molecule has 164 valence electrons. The maximum atomic E-state index is 13.0. The Morgan fingerprint density at radius 3 is 1.82 bits per heavy atom. The van der Waals surface area contributed by atoms with Crippen LogP contribution in [0.4, 0.5) is 0 Å². The van der Waals surface area contributed by atoms with Crippen LogP contribution in [0.1, 0.15) is 60.8 Å². The van der Waals surface area contributed by atoms with Crippen molar-refractivity contribution >= 4 is 17.8 Å². The van der Waals surface area contributed by atoms with E-state index in [-0.39, 0.29) is 31.3 Å². The molecule has 0 aromatic heterocycles. The highest BCUT2D eigenvalue weighted by molar-refractivity contribution is 5.84. The molecule has 0 aromatic carbocycles.